The molecular weight excluding hydrogens is 296 g/mol. The molecule has 4 nitrogen and oxygen atoms in total. The Kier molecular flexibility index (Phi) is 5.44. The van der Waals surface area contributed by atoms with E-state index >= 15 is 0 Å². The maximum absolute atomic E-state index is 4.42. The summed E-state index contributed by atoms with van der Waals surface area (Å²) in [7, 11) is 1.86. The summed E-state index contributed by atoms with van der Waals surface area (Å²) in [4.78, 5) is 7.03. The fraction of sp³-hybridized carbons (Fsp3) is 0.650. The minimum absolute atomic E-state index is 0.167. The Labute approximate surface area is 146 Å². The van der Waals surface area contributed by atoms with Gasteiger partial charge in [0, 0.05) is 31.1 Å². The van der Waals surface area contributed by atoms with Crippen molar-refractivity contribution in [2.75, 3.05) is 26.7 Å². The number of piperidine rings is 1. The summed E-state index contributed by atoms with van der Waals surface area (Å²) in [5.74, 6) is 1.56. The summed E-state index contributed by atoms with van der Waals surface area (Å²) in [5, 5.41) is 7.13. The van der Waals surface area contributed by atoms with E-state index < -0.39 is 0 Å². The van der Waals surface area contributed by atoms with Gasteiger partial charge < -0.3 is 10.6 Å². The SMILES string of the molecule is CN=C(NCC(C)(C)N1CCCCC1)NC1CC1c1ccccc1. The van der Waals surface area contributed by atoms with Gasteiger partial charge >= 0.3 is 0 Å². The molecule has 2 N–H and O–H groups in total. The summed E-state index contributed by atoms with van der Waals surface area (Å²) in [6.45, 7) is 8.04. The van der Waals surface area contributed by atoms with E-state index in [1.54, 1.807) is 0 Å². The highest BCUT2D eigenvalue weighted by atomic mass is 15.3. The normalized spacial score (nSPS) is 25.4. The van der Waals surface area contributed by atoms with E-state index in [4.69, 9.17) is 0 Å². The molecule has 1 aromatic carbocycles. The monoisotopic (exact) mass is 328 g/mol. The lowest BCUT2D eigenvalue weighted by atomic mass is 9.98. The average Bonchev–Trinajstić information content (AvgIpc) is 3.39. The molecule has 132 valence electrons. The van der Waals surface area contributed by atoms with E-state index in [2.05, 4.69) is 64.7 Å². The fourth-order valence-corrected chi connectivity index (χ4v) is 3.70. The molecule has 0 amide bonds. The predicted molar refractivity (Wildman–Crippen MR) is 102 cm³/mol. The number of guanidine groups is 1. The van der Waals surface area contributed by atoms with Gasteiger partial charge in [-0.3, -0.25) is 9.89 Å². The first kappa shape index (κ1) is 17.3. The molecule has 0 radical (unpaired) electrons. The van der Waals surface area contributed by atoms with Crippen molar-refractivity contribution >= 4 is 5.96 Å². The van der Waals surface area contributed by atoms with Crippen LogP contribution in [0, 0.1) is 0 Å². The fourth-order valence-electron chi connectivity index (χ4n) is 3.70. The molecule has 1 saturated carbocycles. The predicted octanol–water partition coefficient (Wildman–Crippen LogP) is 2.97. The number of nitrogens with one attached hydrogen (secondary N) is 2. The van der Waals surface area contributed by atoms with Crippen LogP contribution in [0.4, 0.5) is 0 Å². The highest BCUT2D eigenvalue weighted by Crippen LogP contribution is 2.40. The Bertz CT molecular complexity index is 546. The van der Waals surface area contributed by atoms with Gasteiger partial charge in [0.15, 0.2) is 5.96 Å². The Morgan fingerprint density at radius 1 is 1.17 bits per heavy atom. The van der Waals surface area contributed by atoms with Gasteiger partial charge in [-0.25, -0.2) is 0 Å². The van der Waals surface area contributed by atoms with Gasteiger partial charge in [-0.05, 0) is 51.8 Å². The minimum Gasteiger partial charge on any atom is -0.355 e. The quantitative estimate of drug-likeness (QED) is 0.645. The van der Waals surface area contributed by atoms with E-state index in [-0.39, 0.29) is 5.54 Å². The molecule has 4 heteroatoms. The molecule has 1 aromatic rings. The lowest BCUT2D eigenvalue weighted by Crippen LogP contribution is -2.55. The first-order valence-corrected chi connectivity index (χ1v) is 9.37. The highest BCUT2D eigenvalue weighted by Gasteiger charge is 2.39. The molecule has 0 bridgehead atoms. The number of hydrogen-bond donors (Lipinski definition) is 2. The molecule has 0 spiro atoms. The molecule has 24 heavy (non-hydrogen) atoms. The number of benzene rings is 1. The van der Waals surface area contributed by atoms with Crippen molar-refractivity contribution in [3.8, 4) is 0 Å². The molecule has 1 aliphatic heterocycles. The molecular formula is C20H32N4. The molecule has 3 rings (SSSR count). The average molecular weight is 329 g/mol. The second-order valence-corrected chi connectivity index (χ2v) is 7.79. The number of hydrogen-bond acceptors (Lipinski definition) is 2. The minimum atomic E-state index is 0.167. The van der Waals surface area contributed by atoms with Crippen molar-refractivity contribution in [3.63, 3.8) is 0 Å². The molecule has 0 aromatic heterocycles. The van der Waals surface area contributed by atoms with Crippen molar-refractivity contribution in [1.82, 2.24) is 15.5 Å². The van der Waals surface area contributed by atoms with Gasteiger partial charge in [0.2, 0.25) is 0 Å². The molecule has 1 heterocycles. The van der Waals surface area contributed by atoms with Crippen LogP contribution in [-0.2, 0) is 0 Å². The molecule has 2 unspecified atom stereocenters. The zero-order chi connectivity index (χ0) is 17.0. The molecule has 2 atom stereocenters. The molecule has 1 aliphatic carbocycles. The number of nitrogens with zero attached hydrogens (tertiary/aromatic N) is 2. The molecule has 2 fully saturated rings. The van der Waals surface area contributed by atoms with Crippen LogP contribution in [0.2, 0.25) is 0 Å². The van der Waals surface area contributed by atoms with Crippen molar-refractivity contribution in [2.24, 2.45) is 4.99 Å². The van der Waals surface area contributed by atoms with E-state index in [1.807, 2.05) is 7.05 Å². The highest BCUT2D eigenvalue weighted by molar-refractivity contribution is 5.80. The smallest absolute Gasteiger partial charge is 0.191 e. The summed E-state index contributed by atoms with van der Waals surface area (Å²) in [5.41, 5.74) is 1.60. The van der Waals surface area contributed by atoms with E-state index in [0.29, 0.717) is 12.0 Å². The number of likely N-dealkylation sites (tertiary alicyclic amines) is 1. The van der Waals surface area contributed by atoms with Crippen LogP contribution >= 0.6 is 0 Å². The summed E-state index contributed by atoms with van der Waals surface area (Å²) >= 11 is 0. The van der Waals surface area contributed by atoms with Crippen LogP contribution in [0.15, 0.2) is 35.3 Å². The van der Waals surface area contributed by atoms with Crippen molar-refractivity contribution < 1.29 is 0 Å². The zero-order valence-corrected chi connectivity index (χ0v) is 15.4. The van der Waals surface area contributed by atoms with Crippen LogP contribution in [0.25, 0.3) is 0 Å². The Balaban J connectivity index is 1.47. The van der Waals surface area contributed by atoms with Crippen LogP contribution in [0.5, 0.6) is 0 Å². The molecule has 2 aliphatic rings. The van der Waals surface area contributed by atoms with Gasteiger partial charge in [0.1, 0.15) is 0 Å². The van der Waals surface area contributed by atoms with E-state index in [0.717, 1.165) is 12.5 Å². The first-order chi connectivity index (χ1) is 11.6. The first-order valence-electron chi connectivity index (χ1n) is 9.37. The second-order valence-electron chi connectivity index (χ2n) is 7.79. The Morgan fingerprint density at radius 3 is 2.54 bits per heavy atom. The standard InChI is InChI=1S/C20H32N4/c1-20(2,24-12-8-5-9-13-24)15-22-19(21-3)23-18-14-17(18)16-10-6-4-7-11-16/h4,6-7,10-11,17-18H,5,8-9,12-15H2,1-3H3,(H2,21,22,23). The number of aliphatic imine (C=N–C) groups is 1. The van der Waals surface area contributed by atoms with Gasteiger partial charge in [-0.2, -0.15) is 0 Å². The van der Waals surface area contributed by atoms with Crippen LogP contribution in [-0.4, -0.2) is 49.1 Å². The van der Waals surface area contributed by atoms with Gasteiger partial charge in [-0.15, -0.1) is 0 Å². The maximum Gasteiger partial charge on any atom is 0.191 e. The summed E-state index contributed by atoms with van der Waals surface area (Å²) in [6.07, 6.45) is 5.24. The van der Waals surface area contributed by atoms with Crippen molar-refractivity contribution in [3.05, 3.63) is 35.9 Å². The number of rotatable bonds is 5. The third kappa shape index (κ3) is 4.29. The third-order valence-corrected chi connectivity index (χ3v) is 5.46. The van der Waals surface area contributed by atoms with Gasteiger partial charge in [-0.1, -0.05) is 36.8 Å². The lowest BCUT2D eigenvalue weighted by molar-refractivity contribution is 0.0982. The summed E-state index contributed by atoms with van der Waals surface area (Å²) in [6, 6.07) is 11.3. The molecule has 1 saturated heterocycles. The van der Waals surface area contributed by atoms with Crippen molar-refractivity contribution in [2.45, 2.75) is 57.0 Å². The lowest BCUT2D eigenvalue weighted by Gasteiger charge is -2.41. The maximum atomic E-state index is 4.42. The largest absolute Gasteiger partial charge is 0.355 e. The van der Waals surface area contributed by atoms with Crippen molar-refractivity contribution in [1.29, 1.82) is 0 Å². The zero-order valence-electron chi connectivity index (χ0n) is 15.4. The summed E-state index contributed by atoms with van der Waals surface area (Å²) < 4.78 is 0. The second kappa shape index (κ2) is 7.56. The third-order valence-electron chi connectivity index (χ3n) is 5.46. The van der Waals surface area contributed by atoms with Crippen LogP contribution in [0.3, 0.4) is 0 Å². The topological polar surface area (TPSA) is 39.7 Å². The Morgan fingerprint density at radius 2 is 1.88 bits per heavy atom. The van der Waals surface area contributed by atoms with E-state index in [1.165, 1.54) is 44.3 Å². The van der Waals surface area contributed by atoms with Gasteiger partial charge in [0.05, 0.1) is 0 Å². The van der Waals surface area contributed by atoms with Gasteiger partial charge in [0.25, 0.3) is 0 Å². The van der Waals surface area contributed by atoms with Crippen LogP contribution < -0.4 is 10.6 Å². The Hall–Kier alpha value is -1.55. The van der Waals surface area contributed by atoms with E-state index in [9.17, 15) is 0 Å². The van der Waals surface area contributed by atoms with Crippen LogP contribution in [0.1, 0.15) is 51.0 Å².